The summed E-state index contributed by atoms with van der Waals surface area (Å²) in [5.41, 5.74) is -1.29. The zero-order valence-corrected chi connectivity index (χ0v) is 8.83. The summed E-state index contributed by atoms with van der Waals surface area (Å²) in [6, 6.07) is 0. The number of carbonyl (C=O) groups is 1. The van der Waals surface area contributed by atoms with Gasteiger partial charge >= 0.3 is 0 Å². The van der Waals surface area contributed by atoms with Gasteiger partial charge in [-0.15, -0.1) is 0 Å². The highest BCUT2D eigenvalue weighted by Gasteiger charge is 2.27. The first-order chi connectivity index (χ1) is 5.93. The lowest BCUT2D eigenvalue weighted by Gasteiger charge is -2.27. The Morgan fingerprint density at radius 1 is 1.54 bits per heavy atom. The largest absolute Gasteiger partial charge is 0.383 e. The van der Waals surface area contributed by atoms with Crippen molar-refractivity contribution in [3.63, 3.8) is 0 Å². The van der Waals surface area contributed by atoms with Gasteiger partial charge < -0.3 is 14.7 Å². The minimum absolute atomic E-state index is 0.257. The van der Waals surface area contributed by atoms with E-state index >= 15 is 0 Å². The molecule has 0 unspecified atom stereocenters. The Balaban J connectivity index is 4.16. The predicted octanol–water partition coefficient (Wildman–Crippen LogP) is 0.252. The summed E-state index contributed by atoms with van der Waals surface area (Å²) in [4.78, 5) is 13.1. The second-order valence-corrected chi connectivity index (χ2v) is 3.44. The van der Waals surface area contributed by atoms with Crippen LogP contribution >= 0.6 is 0 Å². The van der Waals surface area contributed by atoms with Crippen molar-refractivity contribution >= 4 is 5.91 Å². The van der Waals surface area contributed by atoms with Crippen LogP contribution in [0.15, 0.2) is 0 Å². The molecule has 0 fully saturated rings. The summed E-state index contributed by atoms with van der Waals surface area (Å²) in [5.74, 6) is -0.257. The van der Waals surface area contributed by atoms with E-state index in [1.54, 1.807) is 12.0 Å². The minimum atomic E-state index is -1.29. The number of hydrogen-bond donors (Lipinski definition) is 1. The van der Waals surface area contributed by atoms with Gasteiger partial charge in [-0.3, -0.25) is 4.79 Å². The smallest absolute Gasteiger partial charge is 0.254 e. The number of ether oxygens (including phenoxy) is 1. The third-order valence-corrected chi connectivity index (χ3v) is 1.76. The van der Waals surface area contributed by atoms with E-state index in [2.05, 4.69) is 0 Å². The molecule has 0 aromatic heterocycles. The van der Waals surface area contributed by atoms with Crippen LogP contribution in [0.2, 0.25) is 0 Å². The van der Waals surface area contributed by atoms with E-state index in [0.717, 1.165) is 0 Å². The number of aliphatic hydroxyl groups is 1. The first-order valence-corrected chi connectivity index (χ1v) is 4.44. The summed E-state index contributed by atoms with van der Waals surface area (Å²) in [6.07, 6.45) is 0. The van der Waals surface area contributed by atoms with Crippen LogP contribution in [-0.2, 0) is 9.53 Å². The Kier molecular flexibility index (Phi) is 4.95. The highest BCUT2D eigenvalue weighted by atomic mass is 16.5. The lowest BCUT2D eigenvalue weighted by molar-refractivity contribution is -0.148. The lowest BCUT2D eigenvalue weighted by Crippen LogP contribution is -2.46. The molecule has 0 heterocycles. The average Bonchev–Trinajstić information content (AvgIpc) is 2.04. The van der Waals surface area contributed by atoms with Gasteiger partial charge in [-0.25, -0.2) is 0 Å². The molecule has 0 bridgehead atoms. The van der Waals surface area contributed by atoms with Crippen LogP contribution in [0.4, 0.5) is 0 Å². The maximum absolute atomic E-state index is 11.5. The molecule has 0 saturated carbocycles. The fraction of sp³-hybridized carbons (Fsp3) is 0.889. The highest BCUT2D eigenvalue weighted by Crippen LogP contribution is 2.06. The average molecular weight is 189 g/mol. The molecule has 13 heavy (non-hydrogen) atoms. The monoisotopic (exact) mass is 189 g/mol. The van der Waals surface area contributed by atoms with Crippen molar-refractivity contribution in [3.05, 3.63) is 0 Å². The standard InChI is InChI=1S/C9H19NO3/c1-5-10(6-7-13-4)8(11)9(2,3)12/h12H,5-7H2,1-4H3. The molecule has 1 N–H and O–H groups in total. The Morgan fingerprint density at radius 3 is 2.38 bits per heavy atom. The van der Waals surface area contributed by atoms with Crippen LogP contribution in [0, 0.1) is 0 Å². The molecule has 4 heteroatoms. The first kappa shape index (κ1) is 12.4. The van der Waals surface area contributed by atoms with Crippen LogP contribution in [0.5, 0.6) is 0 Å². The molecule has 0 atom stereocenters. The molecule has 0 rings (SSSR count). The van der Waals surface area contributed by atoms with E-state index in [9.17, 15) is 9.90 Å². The second-order valence-electron chi connectivity index (χ2n) is 3.44. The van der Waals surface area contributed by atoms with Crippen LogP contribution in [0.3, 0.4) is 0 Å². The molecule has 0 aliphatic carbocycles. The van der Waals surface area contributed by atoms with Gasteiger partial charge in [-0.1, -0.05) is 0 Å². The molecular weight excluding hydrogens is 170 g/mol. The third kappa shape index (κ3) is 4.24. The number of carbonyl (C=O) groups excluding carboxylic acids is 1. The van der Waals surface area contributed by atoms with Gasteiger partial charge in [0.1, 0.15) is 5.60 Å². The van der Waals surface area contributed by atoms with Crippen LogP contribution in [-0.4, -0.2) is 48.3 Å². The molecular formula is C9H19NO3. The number of nitrogens with zero attached hydrogens (tertiary/aromatic N) is 1. The molecule has 0 aliphatic heterocycles. The minimum Gasteiger partial charge on any atom is -0.383 e. The number of rotatable bonds is 5. The van der Waals surface area contributed by atoms with Gasteiger partial charge in [0.25, 0.3) is 5.91 Å². The molecule has 0 radical (unpaired) electrons. The molecule has 0 aromatic rings. The van der Waals surface area contributed by atoms with Gasteiger partial charge in [-0.05, 0) is 20.8 Å². The topological polar surface area (TPSA) is 49.8 Å². The van der Waals surface area contributed by atoms with Crippen LogP contribution < -0.4 is 0 Å². The Hall–Kier alpha value is -0.610. The maximum atomic E-state index is 11.5. The van der Waals surface area contributed by atoms with E-state index in [1.807, 2.05) is 6.92 Å². The molecule has 0 spiro atoms. The molecule has 0 aliphatic rings. The van der Waals surface area contributed by atoms with Crippen molar-refractivity contribution in [2.45, 2.75) is 26.4 Å². The van der Waals surface area contributed by atoms with Crippen molar-refractivity contribution in [1.29, 1.82) is 0 Å². The van der Waals surface area contributed by atoms with Crippen molar-refractivity contribution in [1.82, 2.24) is 4.90 Å². The lowest BCUT2D eigenvalue weighted by atomic mass is 10.1. The summed E-state index contributed by atoms with van der Waals surface area (Å²) >= 11 is 0. The van der Waals surface area contributed by atoms with Gasteiger partial charge in [0.05, 0.1) is 6.61 Å². The van der Waals surface area contributed by atoms with E-state index in [1.165, 1.54) is 13.8 Å². The Morgan fingerprint density at radius 2 is 2.08 bits per heavy atom. The normalized spacial score (nSPS) is 11.5. The summed E-state index contributed by atoms with van der Waals surface area (Å²) in [6.45, 7) is 6.46. The summed E-state index contributed by atoms with van der Waals surface area (Å²) in [7, 11) is 1.59. The van der Waals surface area contributed by atoms with Gasteiger partial charge in [0, 0.05) is 20.2 Å². The first-order valence-electron chi connectivity index (χ1n) is 4.44. The van der Waals surface area contributed by atoms with Gasteiger partial charge in [0.15, 0.2) is 0 Å². The SMILES string of the molecule is CCN(CCOC)C(=O)C(C)(C)O. The van der Waals surface area contributed by atoms with E-state index in [-0.39, 0.29) is 5.91 Å². The van der Waals surface area contributed by atoms with Crippen molar-refractivity contribution < 1.29 is 14.6 Å². The molecule has 0 aromatic carbocycles. The van der Waals surface area contributed by atoms with Gasteiger partial charge in [0.2, 0.25) is 0 Å². The predicted molar refractivity (Wildman–Crippen MR) is 50.4 cm³/mol. The van der Waals surface area contributed by atoms with Crippen molar-refractivity contribution in [2.75, 3.05) is 26.8 Å². The Bertz CT molecular complexity index is 163. The van der Waals surface area contributed by atoms with Crippen molar-refractivity contribution in [3.8, 4) is 0 Å². The third-order valence-electron chi connectivity index (χ3n) is 1.76. The fourth-order valence-corrected chi connectivity index (χ4v) is 0.992. The molecule has 1 amide bonds. The van der Waals surface area contributed by atoms with E-state index in [0.29, 0.717) is 19.7 Å². The quantitative estimate of drug-likeness (QED) is 0.674. The number of amides is 1. The van der Waals surface area contributed by atoms with Crippen molar-refractivity contribution in [2.24, 2.45) is 0 Å². The number of methoxy groups -OCH3 is 1. The highest BCUT2D eigenvalue weighted by molar-refractivity contribution is 5.84. The second kappa shape index (κ2) is 5.19. The zero-order valence-electron chi connectivity index (χ0n) is 8.83. The number of hydrogen-bond acceptors (Lipinski definition) is 3. The van der Waals surface area contributed by atoms with Gasteiger partial charge in [-0.2, -0.15) is 0 Å². The Labute approximate surface area is 79.5 Å². The number of likely N-dealkylation sites (N-methyl/N-ethyl adjacent to an activating group) is 1. The fourth-order valence-electron chi connectivity index (χ4n) is 0.992. The summed E-state index contributed by atoms with van der Waals surface area (Å²) in [5, 5.41) is 9.46. The van der Waals surface area contributed by atoms with E-state index in [4.69, 9.17) is 4.74 Å². The van der Waals surface area contributed by atoms with Crippen LogP contribution in [0.25, 0.3) is 0 Å². The zero-order chi connectivity index (χ0) is 10.5. The van der Waals surface area contributed by atoms with E-state index < -0.39 is 5.60 Å². The molecule has 0 saturated heterocycles. The molecule has 4 nitrogen and oxygen atoms in total. The van der Waals surface area contributed by atoms with Crippen LogP contribution in [0.1, 0.15) is 20.8 Å². The summed E-state index contributed by atoms with van der Waals surface area (Å²) < 4.78 is 4.86. The maximum Gasteiger partial charge on any atom is 0.254 e. The molecule has 78 valence electrons.